The summed E-state index contributed by atoms with van der Waals surface area (Å²) in [5.74, 6) is 1.35. The Hall–Kier alpha value is -3.60. The Morgan fingerprint density at radius 3 is 2.32 bits per heavy atom. The molecule has 1 atom stereocenters. The second kappa shape index (κ2) is 7.56. The number of carbonyl (C=O) groups excluding carboxylic acids is 1. The second-order valence-electron chi connectivity index (χ2n) is 6.68. The first-order valence-corrected chi connectivity index (χ1v) is 9.19. The van der Waals surface area contributed by atoms with Gasteiger partial charge in [0.25, 0.3) is 5.91 Å². The summed E-state index contributed by atoms with van der Waals surface area (Å²) in [6.07, 6.45) is 1.77. The molecule has 5 nitrogen and oxygen atoms in total. The minimum absolute atomic E-state index is 0.192. The number of rotatable bonds is 5. The maximum Gasteiger partial charge on any atom is 0.255 e. The first-order chi connectivity index (χ1) is 13.6. The van der Waals surface area contributed by atoms with Crippen LogP contribution in [0.5, 0.6) is 0 Å². The molecule has 4 rings (SSSR count). The third-order valence-corrected chi connectivity index (χ3v) is 4.56. The summed E-state index contributed by atoms with van der Waals surface area (Å²) < 4.78 is 7.37. The zero-order chi connectivity index (χ0) is 19.5. The van der Waals surface area contributed by atoms with Crippen molar-refractivity contribution >= 4 is 5.91 Å². The zero-order valence-electron chi connectivity index (χ0n) is 15.8. The Balaban J connectivity index is 1.70. The van der Waals surface area contributed by atoms with Gasteiger partial charge in [-0.2, -0.15) is 5.10 Å². The number of hydrogen-bond acceptors (Lipinski definition) is 3. The van der Waals surface area contributed by atoms with Crippen LogP contribution in [0.4, 0.5) is 0 Å². The second-order valence-corrected chi connectivity index (χ2v) is 6.68. The van der Waals surface area contributed by atoms with Gasteiger partial charge in [0.15, 0.2) is 0 Å². The molecule has 0 aliphatic rings. The molecule has 1 amide bonds. The quantitative estimate of drug-likeness (QED) is 0.541. The number of nitrogens with one attached hydrogen (secondary N) is 1. The number of carbonyl (C=O) groups is 1. The van der Waals surface area contributed by atoms with Gasteiger partial charge in [0.05, 0.1) is 17.3 Å². The molecule has 0 spiro atoms. The van der Waals surface area contributed by atoms with E-state index in [0.29, 0.717) is 11.3 Å². The molecule has 1 unspecified atom stereocenters. The van der Waals surface area contributed by atoms with Gasteiger partial charge in [-0.1, -0.05) is 48.5 Å². The maximum absolute atomic E-state index is 13.1. The standard InChI is InChI=1S/C23H21N3O2/c1-16-13-14-21(28-16)17(2)24-23(27)20-15-26(19-11-7-4-8-12-19)25-22(20)18-9-5-3-6-10-18/h3-15,17H,1-2H3,(H,24,27). The lowest BCUT2D eigenvalue weighted by atomic mass is 10.1. The lowest BCUT2D eigenvalue weighted by Crippen LogP contribution is -2.26. The summed E-state index contributed by atoms with van der Waals surface area (Å²) in [6, 6.07) is 23.0. The molecule has 2 aromatic carbocycles. The van der Waals surface area contributed by atoms with Gasteiger partial charge < -0.3 is 9.73 Å². The van der Waals surface area contributed by atoms with Crippen LogP contribution in [0.1, 0.15) is 34.8 Å². The number of para-hydroxylation sites is 1. The normalized spacial score (nSPS) is 11.9. The zero-order valence-corrected chi connectivity index (χ0v) is 15.8. The van der Waals surface area contributed by atoms with Crippen LogP contribution >= 0.6 is 0 Å². The molecule has 2 heterocycles. The molecule has 0 saturated carbocycles. The molecule has 0 saturated heterocycles. The first-order valence-electron chi connectivity index (χ1n) is 9.19. The Bertz CT molecular complexity index is 1080. The van der Waals surface area contributed by atoms with Gasteiger partial charge in [-0.25, -0.2) is 4.68 Å². The average molecular weight is 371 g/mol. The van der Waals surface area contributed by atoms with Gasteiger partial charge in [0, 0.05) is 11.8 Å². The van der Waals surface area contributed by atoms with Crippen molar-refractivity contribution in [3.63, 3.8) is 0 Å². The van der Waals surface area contributed by atoms with Gasteiger partial charge in [-0.05, 0) is 38.1 Å². The number of nitrogens with zero attached hydrogens (tertiary/aromatic N) is 2. The Labute approximate surface area is 163 Å². The monoisotopic (exact) mass is 371 g/mol. The predicted molar refractivity (Wildman–Crippen MR) is 108 cm³/mol. The smallest absolute Gasteiger partial charge is 0.255 e. The van der Waals surface area contributed by atoms with Crippen LogP contribution in [0.3, 0.4) is 0 Å². The summed E-state index contributed by atoms with van der Waals surface area (Å²) in [6.45, 7) is 3.79. The summed E-state index contributed by atoms with van der Waals surface area (Å²) in [7, 11) is 0. The van der Waals surface area contributed by atoms with Crippen LogP contribution in [0.2, 0.25) is 0 Å². The minimum Gasteiger partial charge on any atom is -0.464 e. The van der Waals surface area contributed by atoms with Crippen molar-refractivity contribution in [1.82, 2.24) is 15.1 Å². The van der Waals surface area contributed by atoms with Gasteiger partial charge in [0.1, 0.15) is 17.2 Å². The van der Waals surface area contributed by atoms with E-state index in [1.54, 1.807) is 10.9 Å². The van der Waals surface area contributed by atoms with Crippen molar-refractivity contribution in [3.05, 3.63) is 96.1 Å². The van der Waals surface area contributed by atoms with Crippen molar-refractivity contribution in [2.24, 2.45) is 0 Å². The molecule has 1 N–H and O–H groups in total. The number of hydrogen-bond donors (Lipinski definition) is 1. The molecule has 28 heavy (non-hydrogen) atoms. The molecular weight excluding hydrogens is 350 g/mol. The highest BCUT2D eigenvalue weighted by Gasteiger charge is 2.21. The molecule has 0 bridgehead atoms. The maximum atomic E-state index is 13.1. The number of aryl methyl sites for hydroxylation is 1. The fraction of sp³-hybridized carbons (Fsp3) is 0.130. The molecule has 0 aliphatic heterocycles. The topological polar surface area (TPSA) is 60.1 Å². The van der Waals surface area contributed by atoms with Gasteiger partial charge in [-0.3, -0.25) is 4.79 Å². The molecule has 5 heteroatoms. The van der Waals surface area contributed by atoms with E-state index < -0.39 is 0 Å². The molecule has 2 aromatic heterocycles. The third-order valence-electron chi connectivity index (χ3n) is 4.56. The predicted octanol–water partition coefficient (Wildman–Crippen LogP) is 4.93. The lowest BCUT2D eigenvalue weighted by molar-refractivity contribution is 0.0935. The molecule has 0 radical (unpaired) electrons. The highest BCUT2D eigenvalue weighted by molar-refractivity contribution is 6.00. The SMILES string of the molecule is Cc1ccc(C(C)NC(=O)c2cn(-c3ccccc3)nc2-c2ccccc2)o1. The largest absolute Gasteiger partial charge is 0.464 e. The van der Waals surface area contributed by atoms with Crippen molar-refractivity contribution in [2.45, 2.75) is 19.9 Å². The highest BCUT2D eigenvalue weighted by atomic mass is 16.3. The fourth-order valence-corrected chi connectivity index (χ4v) is 3.09. The lowest BCUT2D eigenvalue weighted by Gasteiger charge is -2.11. The van der Waals surface area contributed by atoms with E-state index in [4.69, 9.17) is 4.42 Å². The average Bonchev–Trinajstić information content (AvgIpc) is 3.36. The molecule has 0 aliphatic carbocycles. The van der Waals surface area contributed by atoms with Crippen LogP contribution in [0.25, 0.3) is 16.9 Å². The number of benzene rings is 2. The fourth-order valence-electron chi connectivity index (χ4n) is 3.09. The van der Waals surface area contributed by atoms with E-state index in [1.807, 2.05) is 86.6 Å². The Morgan fingerprint density at radius 2 is 1.68 bits per heavy atom. The third kappa shape index (κ3) is 3.60. The van der Waals surface area contributed by atoms with E-state index in [9.17, 15) is 4.79 Å². The van der Waals surface area contributed by atoms with Crippen LogP contribution in [0.15, 0.2) is 83.4 Å². The Morgan fingerprint density at radius 1 is 1.00 bits per heavy atom. The molecular formula is C23H21N3O2. The number of amides is 1. The van der Waals surface area contributed by atoms with E-state index in [1.165, 1.54) is 0 Å². The van der Waals surface area contributed by atoms with Crippen LogP contribution < -0.4 is 5.32 Å². The Kier molecular flexibility index (Phi) is 4.81. The van der Waals surface area contributed by atoms with Crippen LogP contribution in [-0.4, -0.2) is 15.7 Å². The van der Waals surface area contributed by atoms with Crippen molar-refractivity contribution in [1.29, 1.82) is 0 Å². The first kappa shape index (κ1) is 17.8. The number of aromatic nitrogens is 2. The highest BCUT2D eigenvalue weighted by Crippen LogP contribution is 2.25. The van der Waals surface area contributed by atoms with E-state index in [0.717, 1.165) is 22.8 Å². The molecule has 0 fully saturated rings. The van der Waals surface area contributed by atoms with Crippen LogP contribution in [0, 0.1) is 6.92 Å². The minimum atomic E-state index is -0.245. The van der Waals surface area contributed by atoms with Crippen molar-refractivity contribution < 1.29 is 9.21 Å². The van der Waals surface area contributed by atoms with E-state index in [2.05, 4.69) is 10.4 Å². The molecule has 4 aromatic rings. The van der Waals surface area contributed by atoms with E-state index >= 15 is 0 Å². The van der Waals surface area contributed by atoms with Gasteiger partial charge >= 0.3 is 0 Å². The summed E-state index contributed by atoms with van der Waals surface area (Å²) >= 11 is 0. The van der Waals surface area contributed by atoms with Crippen molar-refractivity contribution in [2.75, 3.05) is 0 Å². The van der Waals surface area contributed by atoms with Gasteiger partial charge in [0.2, 0.25) is 0 Å². The van der Waals surface area contributed by atoms with E-state index in [-0.39, 0.29) is 11.9 Å². The number of furan rings is 1. The summed E-state index contributed by atoms with van der Waals surface area (Å²) in [5.41, 5.74) is 2.95. The summed E-state index contributed by atoms with van der Waals surface area (Å²) in [4.78, 5) is 13.1. The van der Waals surface area contributed by atoms with Crippen molar-refractivity contribution in [3.8, 4) is 16.9 Å². The van der Waals surface area contributed by atoms with Gasteiger partial charge in [-0.15, -0.1) is 0 Å². The molecule has 140 valence electrons. The summed E-state index contributed by atoms with van der Waals surface area (Å²) in [5, 5.41) is 7.70. The van der Waals surface area contributed by atoms with Crippen LogP contribution in [-0.2, 0) is 0 Å².